The molecule has 0 radical (unpaired) electrons. The van der Waals surface area contributed by atoms with Crippen LogP contribution in [-0.4, -0.2) is 14.1 Å². The lowest BCUT2D eigenvalue weighted by atomic mass is 9.61. The molecule has 0 atom stereocenters. The Hall–Kier alpha value is -9.58. The summed E-state index contributed by atoms with van der Waals surface area (Å²) in [5.41, 5.74) is 25.3. The van der Waals surface area contributed by atoms with E-state index in [4.69, 9.17) is 9.72 Å². The van der Waals surface area contributed by atoms with E-state index in [1.54, 1.807) is 0 Å². The second-order valence-electron chi connectivity index (χ2n) is 22.0. The number of pyridine rings is 1. The number of hydrogen-bond acceptors (Lipinski definition) is 2. The van der Waals surface area contributed by atoms with Gasteiger partial charge < -0.3 is 4.74 Å². The maximum Gasteiger partial charge on any atom is 0.269 e. The van der Waals surface area contributed by atoms with Gasteiger partial charge in [-0.3, -0.25) is 13.7 Å². The molecule has 0 unspecified atom stereocenters. The van der Waals surface area contributed by atoms with Crippen molar-refractivity contribution in [2.45, 2.75) is 38.0 Å². The van der Waals surface area contributed by atoms with E-state index in [-0.39, 0.29) is 17.3 Å². The number of benzene rings is 10. The highest BCUT2D eigenvalue weighted by Gasteiger charge is 2.41. The maximum absolute atomic E-state index is 6.91. The minimum absolute atomic E-state index is 0.0284. The number of rotatable bonds is 5. The van der Waals surface area contributed by atoms with Crippen LogP contribution in [-0.2, 0) is 5.41 Å². The van der Waals surface area contributed by atoms with Gasteiger partial charge in [-0.25, -0.2) is 4.98 Å². The van der Waals surface area contributed by atoms with Crippen LogP contribution in [0.1, 0.15) is 71.6 Å². The van der Waals surface area contributed by atoms with Crippen LogP contribution in [0.3, 0.4) is 0 Å². The molecule has 2 bridgehead atoms. The fourth-order valence-electron chi connectivity index (χ4n) is 13.3. The third-order valence-electron chi connectivity index (χ3n) is 16.7. The molecule has 10 aromatic carbocycles. The molecular weight excluding hydrogens is 937 g/mol. The van der Waals surface area contributed by atoms with Gasteiger partial charge in [-0.05, 0) is 137 Å². The van der Waals surface area contributed by atoms with Gasteiger partial charge in [0.15, 0.2) is 0 Å². The number of nitrogens with zero attached hydrogens (tertiary/aromatic N) is 4. The molecule has 13 aromatic rings. The molecule has 1 aliphatic heterocycles. The van der Waals surface area contributed by atoms with E-state index in [1.807, 2.05) is 12.3 Å². The number of ether oxygens (including phenoxy) is 1. The Morgan fingerprint density at radius 2 is 1.00 bits per heavy atom. The van der Waals surface area contributed by atoms with E-state index in [1.165, 1.54) is 72.1 Å². The third kappa shape index (κ3) is 6.53. The topological polar surface area (TPSA) is 35.9 Å². The van der Waals surface area contributed by atoms with Crippen LogP contribution in [0.15, 0.2) is 237 Å². The van der Waals surface area contributed by atoms with Gasteiger partial charge in [0, 0.05) is 34.9 Å². The quantitative estimate of drug-likeness (QED) is 0.127. The van der Waals surface area contributed by atoms with Gasteiger partial charge in [-0.2, -0.15) is 0 Å². The summed E-state index contributed by atoms with van der Waals surface area (Å²) in [6.07, 6.45) is 5.95. The molecule has 364 valence electrons. The molecule has 0 saturated heterocycles. The molecule has 5 heteroatoms. The molecule has 77 heavy (non-hydrogen) atoms. The first-order valence-electron chi connectivity index (χ1n) is 26.8. The smallest absolute Gasteiger partial charge is 0.269 e. The van der Waals surface area contributed by atoms with Gasteiger partial charge in [0.2, 0.25) is 0 Å². The Morgan fingerprint density at radius 1 is 0.442 bits per heavy atom. The second-order valence-corrected chi connectivity index (χ2v) is 22.0. The van der Waals surface area contributed by atoms with E-state index < -0.39 is 0 Å². The highest BCUT2D eigenvalue weighted by atomic mass is 16.5. The molecule has 4 aliphatic rings. The van der Waals surface area contributed by atoms with Crippen molar-refractivity contribution in [2.75, 3.05) is 0 Å². The minimum atomic E-state index is -0.0284. The first-order valence-corrected chi connectivity index (χ1v) is 26.8. The first-order chi connectivity index (χ1) is 37.8. The van der Waals surface area contributed by atoms with Crippen LogP contribution in [0.25, 0.3) is 94.5 Å². The molecule has 4 heterocycles. The Morgan fingerprint density at radius 3 is 1.74 bits per heavy atom. The Balaban J connectivity index is 0.876. The van der Waals surface area contributed by atoms with Crippen LogP contribution >= 0.6 is 0 Å². The van der Waals surface area contributed by atoms with Gasteiger partial charge in [-0.1, -0.05) is 197 Å². The summed E-state index contributed by atoms with van der Waals surface area (Å²) < 4.78 is 13.8. The lowest BCUT2D eigenvalue weighted by Crippen LogP contribution is -2.32. The third-order valence-corrected chi connectivity index (χ3v) is 16.7. The summed E-state index contributed by atoms with van der Waals surface area (Å²) in [6.45, 7) is 6.73. The van der Waals surface area contributed by atoms with E-state index in [0.717, 1.165) is 72.8 Å². The lowest BCUT2D eigenvalue weighted by Gasteiger charge is -2.42. The summed E-state index contributed by atoms with van der Waals surface area (Å²) in [5, 5.41) is 2.32. The van der Waals surface area contributed by atoms with Gasteiger partial charge in [0.05, 0.1) is 33.4 Å². The first kappa shape index (κ1) is 43.8. The number of para-hydroxylation sites is 3. The molecule has 0 spiro atoms. The van der Waals surface area contributed by atoms with Crippen molar-refractivity contribution < 1.29 is 9.30 Å². The molecular formula is C72H50N4O. The zero-order chi connectivity index (χ0) is 51.1. The molecule has 0 N–H and O–H groups in total. The zero-order valence-corrected chi connectivity index (χ0v) is 42.9. The van der Waals surface area contributed by atoms with Gasteiger partial charge in [0.25, 0.3) is 6.33 Å². The molecule has 0 amide bonds. The summed E-state index contributed by atoms with van der Waals surface area (Å²) >= 11 is 0. The molecule has 5 nitrogen and oxygen atoms in total. The predicted molar refractivity (Wildman–Crippen MR) is 311 cm³/mol. The molecule has 0 fully saturated rings. The molecule has 17 rings (SSSR count). The monoisotopic (exact) mass is 986 g/mol. The summed E-state index contributed by atoms with van der Waals surface area (Å²) in [4.78, 5) is 4.93. The van der Waals surface area contributed by atoms with Crippen molar-refractivity contribution >= 4 is 32.8 Å². The van der Waals surface area contributed by atoms with E-state index in [0.29, 0.717) is 0 Å². The zero-order valence-electron chi connectivity index (χ0n) is 42.9. The summed E-state index contributed by atoms with van der Waals surface area (Å²) in [5.74, 6) is 2.71. The van der Waals surface area contributed by atoms with E-state index >= 15 is 0 Å². The van der Waals surface area contributed by atoms with Crippen molar-refractivity contribution in [2.24, 2.45) is 0 Å². The maximum atomic E-state index is 6.91. The van der Waals surface area contributed by atoms with Crippen molar-refractivity contribution in [3.63, 3.8) is 0 Å². The number of hydrogen-bond donors (Lipinski definition) is 0. The van der Waals surface area contributed by atoms with Crippen LogP contribution in [0.2, 0.25) is 0 Å². The average molecular weight is 987 g/mol. The van der Waals surface area contributed by atoms with Crippen LogP contribution in [0.4, 0.5) is 0 Å². The van der Waals surface area contributed by atoms with Crippen molar-refractivity contribution in [3.05, 3.63) is 282 Å². The second kappa shape index (κ2) is 16.5. The van der Waals surface area contributed by atoms with Crippen LogP contribution < -0.4 is 9.30 Å². The lowest BCUT2D eigenvalue weighted by molar-refractivity contribution is -0.570. The average Bonchev–Trinajstić information content (AvgIpc) is 4.15. The summed E-state index contributed by atoms with van der Waals surface area (Å²) in [6, 6.07) is 84.5. The Bertz CT molecular complexity index is 4570. The van der Waals surface area contributed by atoms with Gasteiger partial charge >= 0.3 is 0 Å². The van der Waals surface area contributed by atoms with E-state index in [2.05, 4.69) is 265 Å². The van der Waals surface area contributed by atoms with Crippen molar-refractivity contribution in [1.82, 2.24) is 14.1 Å². The van der Waals surface area contributed by atoms with Crippen molar-refractivity contribution in [3.8, 4) is 73.2 Å². The SMILES string of the molecule is CC(C)(C)c1ccnc(-n2c3ccccc3c3ccc(Oc4cccc(-n5[c-][n+]6c7c(cccc75)-c5ccccc5-c5ccccc5-c5cccc(-c7ccc8c(c7)C7c9ccccc9C8c8ccccc87)c5-6)c4)cc32)c1. The standard InChI is InChI=1S/C72H50N4O/c1-72(2,3)45-37-38-73-67(40-45)76-64-31-13-12-23-54(64)55-36-34-48(42-66(55)76)77-47-18-14-17-46(41-47)74-43-75-70-49(44-33-35-60-63(39-44)69-58-26-10-8-24-56(58)68(60)57-25-9-11-27-59(57)69)28-15-29-61(70)52-21-6-4-19-50(52)51-20-5-7-22-53(51)62-30-16-32-65(74)71(62)75/h4-42,68-69H,1-3H3. The number of fused-ring (bicyclic) bond motifs is 10. The highest BCUT2D eigenvalue weighted by Crippen LogP contribution is 2.56. The molecule has 0 saturated carbocycles. The number of imidazole rings is 1. The van der Waals surface area contributed by atoms with Crippen LogP contribution in [0.5, 0.6) is 11.5 Å². The highest BCUT2D eigenvalue weighted by molar-refractivity contribution is 6.09. The van der Waals surface area contributed by atoms with Crippen molar-refractivity contribution in [1.29, 1.82) is 0 Å². The van der Waals surface area contributed by atoms with E-state index in [9.17, 15) is 0 Å². The van der Waals surface area contributed by atoms with Crippen LogP contribution in [0, 0.1) is 6.33 Å². The Kier molecular flexibility index (Phi) is 9.36. The number of aromatic nitrogens is 4. The van der Waals surface area contributed by atoms with Gasteiger partial charge in [-0.15, -0.1) is 0 Å². The predicted octanol–water partition coefficient (Wildman–Crippen LogP) is 17.3. The summed E-state index contributed by atoms with van der Waals surface area (Å²) in [7, 11) is 0. The Labute approximate surface area is 447 Å². The molecule has 3 aliphatic carbocycles. The fourth-order valence-corrected chi connectivity index (χ4v) is 13.3. The fraction of sp³-hybridized carbons (Fsp3) is 0.0833. The molecule has 3 aromatic heterocycles. The normalized spacial score (nSPS) is 14.7. The van der Waals surface area contributed by atoms with Gasteiger partial charge in [0.1, 0.15) is 17.3 Å². The minimum Gasteiger partial charge on any atom is -0.458 e. The largest absolute Gasteiger partial charge is 0.458 e.